The van der Waals surface area contributed by atoms with Crippen molar-refractivity contribution in [2.24, 2.45) is 5.92 Å². The molecule has 3 N–H and O–H groups in total. The van der Waals surface area contributed by atoms with E-state index in [1.54, 1.807) is 0 Å². The van der Waals surface area contributed by atoms with Crippen molar-refractivity contribution in [2.45, 2.75) is 32.4 Å². The molecular formula is C18H25ClN6O2. The van der Waals surface area contributed by atoms with E-state index in [9.17, 15) is 9.59 Å². The number of carbonyl (C=O) groups excluding carboxylic acids is 2. The summed E-state index contributed by atoms with van der Waals surface area (Å²) in [6.45, 7) is 2.54. The van der Waals surface area contributed by atoms with Crippen LogP contribution in [0.25, 0.3) is 0 Å². The maximum absolute atomic E-state index is 12.0. The normalized spacial score (nSPS) is 15.8. The molecule has 2 heterocycles. The Hall–Kier alpha value is -2.45. The lowest BCUT2D eigenvalue weighted by Crippen LogP contribution is -2.27. The minimum absolute atomic E-state index is 0. The van der Waals surface area contributed by atoms with Gasteiger partial charge in [0.2, 0.25) is 17.8 Å². The number of nitrogens with one attached hydrogen (secondary N) is 3. The van der Waals surface area contributed by atoms with Crippen LogP contribution >= 0.6 is 12.4 Å². The van der Waals surface area contributed by atoms with Gasteiger partial charge >= 0.3 is 0 Å². The van der Waals surface area contributed by atoms with Gasteiger partial charge in [0.1, 0.15) is 12.9 Å². The number of nitrogens with zero attached hydrogens (tertiary/aromatic N) is 3. The minimum atomic E-state index is -0.162. The van der Waals surface area contributed by atoms with Crippen LogP contribution in [-0.2, 0) is 22.7 Å². The lowest BCUT2D eigenvalue weighted by Gasteiger charge is -2.07. The molecule has 8 nitrogen and oxygen atoms in total. The second-order valence-electron chi connectivity index (χ2n) is 6.47. The van der Waals surface area contributed by atoms with E-state index in [-0.39, 0.29) is 36.7 Å². The van der Waals surface area contributed by atoms with Crippen molar-refractivity contribution in [1.29, 1.82) is 0 Å². The highest BCUT2D eigenvalue weighted by atomic mass is 35.5. The monoisotopic (exact) mass is 392 g/mol. The summed E-state index contributed by atoms with van der Waals surface area (Å²) in [5, 5.41) is 12.9. The molecule has 3 rings (SSSR count). The molecule has 0 radical (unpaired) electrons. The fourth-order valence-electron chi connectivity index (χ4n) is 2.91. The van der Waals surface area contributed by atoms with Crippen LogP contribution in [0.2, 0.25) is 0 Å². The third kappa shape index (κ3) is 6.99. The van der Waals surface area contributed by atoms with Gasteiger partial charge in [-0.15, -0.1) is 17.5 Å². The largest absolute Gasteiger partial charge is 0.350 e. The van der Waals surface area contributed by atoms with Gasteiger partial charge in [0.05, 0.1) is 0 Å². The van der Waals surface area contributed by atoms with Crippen LogP contribution in [0.15, 0.2) is 36.7 Å². The second-order valence-corrected chi connectivity index (χ2v) is 6.47. The number of anilines is 1. The summed E-state index contributed by atoms with van der Waals surface area (Å²) in [4.78, 5) is 28.0. The van der Waals surface area contributed by atoms with Gasteiger partial charge in [-0.3, -0.25) is 14.9 Å². The highest BCUT2D eigenvalue weighted by Gasteiger charge is 2.16. The molecule has 146 valence electrons. The molecule has 0 saturated carbocycles. The molecule has 1 saturated heterocycles. The third-order valence-corrected chi connectivity index (χ3v) is 4.37. The van der Waals surface area contributed by atoms with Gasteiger partial charge in [-0.1, -0.05) is 30.3 Å². The zero-order valence-corrected chi connectivity index (χ0v) is 15.9. The van der Waals surface area contributed by atoms with E-state index in [0.717, 1.165) is 31.5 Å². The molecule has 1 aliphatic heterocycles. The van der Waals surface area contributed by atoms with Crippen molar-refractivity contribution in [1.82, 2.24) is 25.4 Å². The predicted molar refractivity (Wildman–Crippen MR) is 104 cm³/mol. The first-order valence-electron chi connectivity index (χ1n) is 8.89. The zero-order chi connectivity index (χ0) is 18.2. The van der Waals surface area contributed by atoms with E-state index in [0.29, 0.717) is 18.9 Å². The highest BCUT2D eigenvalue weighted by molar-refractivity contribution is 5.88. The van der Waals surface area contributed by atoms with Crippen LogP contribution in [0.5, 0.6) is 0 Å². The van der Waals surface area contributed by atoms with Crippen molar-refractivity contribution >= 4 is 30.2 Å². The topological polar surface area (TPSA) is 101 Å². The first kappa shape index (κ1) is 20.9. The smallest absolute Gasteiger partial charge is 0.248 e. The summed E-state index contributed by atoms with van der Waals surface area (Å²) in [6, 6.07) is 9.69. The quantitative estimate of drug-likeness (QED) is 0.629. The molecule has 0 spiro atoms. The number of hydrogen-bond acceptors (Lipinski definition) is 5. The molecule has 2 amide bonds. The molecule has 27 heavy (non-hydrogen) atoms. The van der Waals surface area contributed by atoms with Crippen molar-refractivity contribution in [3.63, 3.8) is 0 Å². The number of benzene rings is 1. The second kappa shape index (κ2) is 10.6. The SMILES string of the molecule is Cl.O=C(Cn1cnc(NC(=O)CCC2CCNC2)n1)NCc1ccccc1. The minimum Gasteiger partial charge on any atom is -0.350 e. The summed E-state index contributed by atoms with van der Waals surface area (Å²) in [5.41, 5.74) is 1.03. The number of amides is 2. The Labute approximate surface area is 164 Å². The number of carbonyl (C=O) groups is 2. The van der Waals surface area contributed by atoms with Crippen LogP contribution in [0.3, 0.4) is 0 Å². The van der Waals surface area contributed by atoms with E-state index in [1.807, 2.05) is 30.3 Å². The van der Waals surface area contributed by atoms with Gasteiger partial charge in [-0.25, -0.2) is 9.67 Å². The fraction of sp³-hybridized carbons (Fsp3) is 0.444. The molecule has 1 aromatic carbocycles. The number of rotatable bonds is 8. The Morgan fingerprint density at radius 3 is 2.78 bits per heavy atom. The molecule has 0 aliphatic carbocycles. The van der Waals surface area contributed by atoms with Crippen LogP contribution in [0.1, 0.15) is 24.8 Å². The van der Waals surface area contributed by atoms with Gasteiger partial charge in [-0.05, 0) is 37.4 Å². The maximum Gasteiger partial charge on any atom is 0.248 e. The van der Waals surface area contributed by atoms with E-state index >= 15 is 0 Å². The van der Waals surface area contributed by atoms with Crippen molar-refractivity contribution in [3.8, 4) is 0 Å². The lowest BCUT2D eigenvalue weighted by molar-refractivity contribution is -0.122. The summed E-state index contributed by atoms with van der Waals surface area (Å²) in [7, 11) is 0. The Balaban J connectivity index is 0.00000261. The van der Waals surface area contributed by atoms with E-state index in [1.165, 1.54) is 11.0 Å². The Morgan fingerprint density at radius 1 is 1.22 bits per heavy atom. The van der Waals surface area contributed by atoms with Crippen molar-refractivity contribution in [3.05, 3.63) is 42.2 Å². The first-order chi connectivity index (χ1) is 12.7. The van der Waals surface area contributed by atoms with E-state index < -0.39 is 0 Å². The molecule has 1 aliphatic rings. The third-order valence-electron chi connectivity index (χ3n) is 4.37. The Morgan fingerprint density at radius 2 is 2.04 bits per heavy atom. The molecule has 2 aromatic rings. The van der Waals surface area contributed by atoms with Crippen molar-refractivity contribution < 1.29 is 9.59 Å². The molecule has 9 heteroatoms. The Kier molecular flexibility index (Phi) is 8.22. The molecule has 0 bridgehead atoms. The van der Waals surface area contributed by atoms with Gasteiger partial charge in [0, 0.05) is 13.0 Å². The molecule has 1 atom stereocenters. The average molecular weight is 393 g/mol. The lowest BCUT2D eigenvalue weighted by atomic mass is 10.0. The van der Waals surface area contributed by atoms with E-state index in [4.69, 9.17) is 0 Å². The van der Waals surface area contributed by atoms with Crippen LogP contribution in [-0.4, -0.2) is 39.7 Å². The zero-order valence-electron chi connectivity index (χ0n) is 15.1. The number of aromatic nitrogens is 3. The van der Waals surface area contributed by atoms with Crippen LogP contribution in [0.4, 0.5) is 5.95 Å². The average Bonchev–Trinajstić information content (AvgIpc) is 3.31. The predicted octanol–water partition coefficient (Wildman–Crippen LogP) is 1.34. The van der Waals surface area contributed by atoms with Gasteiger partial charge < -0.3 is 10.6 Å². The molecule has 1 aromatic heterocycles. The van der Waals surface area contributed by atoms with Crippen LogP contribution < -0.4 is 16.0 Å². The van der Waals surface area contributed by atoms with Gasteiger partial charge in [-0.2, -0.15) is 0 Å². The Bertz CT molecular complexity index is 730. The van der Waals surface area contributed by atoms with Crippen LogP contribution in [0, 0.1) is 5.92 Å². The number of halogens is 1. The fourth-order valence-corrected chi connectivity index (χ4v) is 2.91. The van der Waals surface area contributed by atoms with Crippen molar-refractivity contribution in [2.75, 3.05) is 18.4 Å². The molecule has 1 unspecified atom stereocenters. The van der Waals surface area contributed by atoms with E-state index in [2.05, 4.69) is 26.0 Å². The first-order valence-corrected chi connectivity index (χ1v) is 8.89. The summed E-state index contributed by atoms with van der Waals surface area (Å²) >= 11 is 0. The maximum atomic E-state index is 12.0. The molecular weight excluding hydrogens is 368 g/mol. The standard InChI is InChI=1S/C18H24N6O2.ClH/c25-16(7-6-15-8-9-19-10-15)22-18-21-13-24(23-18)12-17(26)20-11-14-4-2-1-3-5-14;/h1-5,13,15,19H,6-12H2,(H,20,26)(H,22,23,25);1H. The van der Waals surface area contributed by atoms with Gasteiger partial charge in [0.25, 0.3) is 0 Å². The molecule has 1 fully saturated rings. The van der Waals surface area contributed by atoms with Gasteiger partial charge in [0.15, 0.2) is 0 Å². The summed E-state index contributed by atoms with van der Waals surface area (Å²) in [5.74, 6) is 0.545. The summed E-state index contributed by atoms with van der Waals surface area (Å²) in [6.07, 6.45) is 3.89. The highest BCUT2D eigenvalue weighted by Crippen LogP contribution is 2.14. The summed E-state index contributed by atoms with van der Waals surface area (Å²) < 4.78 is 1.41. The number of hydrogen-bond donors (Lipinski definition) is 3.